The number of benzene rings is 1. The Hall–Kier alpha value is -1.15. The zero-order valence-electron chi connectivity index (χ0n) is 14.1. The molecule has 3 rings (SSSR count). The fraction of sp³-hybridized carbons (Fsp3) is 0.650. The summed E-state index contributed by atoms with van der Waals surface area (Å²) in [4.78, 5) is 15.3. The summed E-state index contributed by atoms with van der Waals surface area (Å²) in [5, 5.41) is 0. The standard InChI is InChI=1S/C20H29NO/c1-20(2)17(11-14-21-12-7-4-8-13-21)15-18(20)19(22)16-9-5-3-6-10-16/h3,5-6,9-10,17-18H,4,7-8,11-15H2,1-2H3/t17-,18-/m0/s1. The molecule has 1 heterocycles. The lowest BCUT2D eigenvalue weighted by Gasteiger charge is -2.52. The van der Waals surface area contributed by atoms with Crippen molar-refractivity contribution in [2.45, 2.75) is 46.0 Å². The molecule has 0 N–H and O–H groups in total. The van der Waals surface area contributed by atoms with Crippen LogP contribution in [0.4, 0.5) is 0 Å². The first-order valence-corrected chi connectivity index (χ1v) is 8.90. The van der Waals surface area contributed by atoms with E-state index in [1.807, 2.05) is 30.3 Å². The minimum absolute atomic E-state index is 0.155. The third-order valence-corrected chi connectivity index (χ3v) is 6.09. The van der Waals surface area contributed by atoms with Gasteiger partial charge in [-0.25, -0.2) is 0 Å². The van der Waals surface area contributed by atoms with E-state index in [2.05, 4.69) is 18.7 Å². The number of hydrogen-bond acceptors (Lipinski definition) is 2. The summed E-state index contributed by atoms with van der Waals surface area (Å²) in [6.07, 6.45) is 6.46. The first-order valence-electron chi connectivity index (χ1n) is 8.90. The molecule has 2 heteroatoms. The van der Waals surface area contributed by atoms with E-state index in [0.29, 0.717) is 11.7 Å². The van der Waals surface area contributed by atoms with Crippen LogP contribution in [-0.4, -0.2) is 30.3 Å². The third-order valence-electron chi connectivity index (χ3n) is 6.09. The number of piperidine rings is 1. The molecule has 22 heavy (non-hydrogen) atoms. The van der Waals surface area contributed by atoms with E-state index in [9.17, 15) is 4.79 Å². The van der Waals surface area contributed by atoms with Crippen molar-refractivity contribution in [3.8, 4) is 0 Å². The zero-order valence-corrected chi connectivity index (χ0v) is 14.1. The molecule has 120 valence electrons. The fourth-order valence-corrected chi connectivity index (χ4v) is 4.28. The minimum Gasteiger partial charge on any atom is -0.303 e. The Balaban J connectivity index is 1.54. The number of hydrogen-bond donors (Lipinski definition) is 0. The molecule has 0 radical (unpaired) electrons. The Kier molecular flexibility index (Phi) is 4.67. The van der Waals surface area contributed by atoms with E-state index in [0.717, 1.165) is 12.0 Å². The largest absolute Gasteiger partial charge is 0.303 e. The van der Waals surface area contributed by atoms with Crippen molar-refractivity contribution in [2.24, 2.45) is 17.3 Å². The van der Waals surface area contributed by atoms with Gasteiger partial charge in [0, 0.05) is 11.5 Å². The van der Waals surface area contributed by atoms with Crippen molar-refractivity contribution in [1.82, 2.24) is 4.90 Å². The molecule has 1 saturated heterocycles. The van der Waals surface area contributed by atoms with Gasteiger partial charge in [0.1, 0.15) is 0 Å². The highest BCUT2D eigenvalue weighted by atomic mass is 16.1. The van der Waals surface area contributed by atoms with Gasteiger partial charge in [0.15, 0.2) is 5.78 Å². The lowest BCUT2D eigenvalue weighted by Crippen LogP contribution is -2.50. The van der Waals surface area contributed by atoms with E-state index < -0.39 is 0 Å². The second-order valence-corrected chi connectivity index (χ2v) is 7.73. The van der Waals surface area contributed by atoms with Gasteiger partial charge in [0.05, 0.1) is 0 Å². The smallest absolute Gasteiger partial charge is 0.166 e. The summed E-state index contributed by atoms with van der Waals surface area (Å²) in [6.45, 7) is 8.37. The van der Waals surface area contributed by atoms with Crippen LogP contribution < -0.4 is 0 Å². The molecule has 0 spiro atoms. The van der Waals surface area contributed by atoms with E-state index >= 15 is 0 Å². The molecule has 2 fully saturated rings. The van der Waals surface area contributed by atoms with Gasteiger partial charge < -0.3 is 4.90 Å². The van der Waals surface area contributed by atoms with Crippen molar-refractivity contribution in [3.05, 3.63) is 35.9 Å². The highest BCUT2D eigenvalue weighted by Crippen LogP contribution is 2.54. The lowest BCUT2D eigenvalue weighted by molar-refractivity contribution is -0.0167. The fourth-order valence-electron chi connectivity index (χ4n) is 4.28. The SMILES string of the molecule is CC1(C)[C@@H](CCN2CCCCC2)C[C@H]1C(=O)c1ccccc1. The molecule has 1 aliphatic heterocycles. The number of ketones is 1. The third kappa shape index (κ3) is 3.12. The van der Waals surface area contributed by atoms with Crippen LogP contribution in [0.25, 0.3) is 0 Å². The van der Waals surface area contributed by atoms with Crippen LogP contribution in [0.3, 0.4) is 0 Å². The summed E-state index contributed by atoms with van der Waals surface area (Å²) in [6, 6.07) is 9.82. The van der Waals surface area contributed by atoms with Gasteiger partial charge in [-0.3, -0.25) is 4.79 Å². The Morgan fingerprint density at radius 2 is 1.82 bits per heavy atom. The first kappa shape index (κ1) is 15.7. The van der Waals surface area contributed by atoms with Crippen LogP contribution in [0.5, 0.6) is 0 Å². The lowest BCUT2D eigenvalue weighted by atomic mass is 9.52. The zero-order chi connectivity index (χ0) is 15.6. The Bertz CT molecular complexity index is 502. The maximum absolute atomic E-state index is 12.7. The summed E-state index contributed by atoms with van der Waals surface area (Å²) in [5.74, 6) is 1.26. The minimum atomic E-state index is 0.155. The monoisotopic (exact) mass is 299 g/mol. The predicted octanol–water partition coefficient (Wildman–Crippen LogP) is 4.41. The molecule has 2 nitrogen and oxygen atoms in total. The summed E-state index contributed by atoms with van der Waals surface area (Å²) in [7, 11) is 0. The van der Waals surface area contributed by atoms with Crippen LogP contribution in [0.1, 0.15) is 56.3 Å². The maximum atomic E-state index is 12.7. The second-order valence-electron chi connectivity index (χ2n) is 7.73. The molecule has 0 bridgehead atoms. The molecule has 0 unspecified atom stereocenters. The molecule has 1 aromatic rings. The van der Waals surface area contributed by atoms with E-state index in [1.54, 1.807) is 0 Å². The van der Waals surface area contributed by atoms with Crippen LogP contribution in [0, 0.1) is 17.3 Å². The number of rotatable bonds is 5. The van der Waals surface area contributed by atoms with E-state index in [-0.39, 0.29) is 11.3 Å². The predicted molar refractivity (Wildman–Crippen MR) is 91.1 cm³/mol. The van der Waals surface area contributed by atoms with Crippen molar-refractivity contribution in [2.75, 3.05) is 19.6 Å². The Morgan fingerprint density at radius 1 is 1.14 bits per heavy atom. The molecule has 2 aliphatic rings. The maximum Gasteiger partial charge on any atom is 0.166 e. The van der Waals surface area contributed by atoms with Crippen LogP contribution in [0.15, 0.2) is 30.3 Å². The van der Waals surface area contributed by atoms with Crippen LogP contribution in [-0.2, 0) is 0 Å². The summed E-state index contributed by atoms with van der Waals surface area (Å²) >= 11 is 0. The Morgan fingerprint density at radius 3 is 2.45 bits per heavy atom. The average molecular weight is 299 g/mol. The molecule has 1 aromatic carbocycles. The molecule has 0 aromatic heterocycles. The van der Waals surface area contributed by atoms with Crippen molar-refractivity contribution < 1.29 is 4.79 Å². The summed E-state index contributed by atoms with van der Waals surface area (Å²) in [5.41, 5.74) is 1.04. The quantitative estimate of drug-likeness (QED) is 0.751. The van der Waals surface area contributed by atoms with Gasteiger partial charge in [0.2, 0.25) is 0 Å². The van der Waals surface area contributed by atoms with Crippen molar-refractivity contribution in [3.63, 3.8) is 0 Å². The number of Topliss-reactive ketones (excluding diaryl/α,β-unsaturated/α-hetero) is 1. The second kappa shape index (κ2) is 6.54. The van der Waals surface area contributed by atoms with E-state index in [4.69, 9.17) is 0 Å². The van der Waals surface area contributed by atoms with Gasteiger partial charge in [-0.1, -0.05) is 50.6 Å². The topological polar surface area (TPSA) is 20.3 Å². The molecule has 1 aliphatic carbocycles. The number of carbonyl (C=O) groups is 1. The number of nitrogens with zero attached hydrogens (tertiary/aromatic N) is 1. The van der Waals surface area contributed by atoms with Crippen molar-refractivity contribution in [1.29, 1.82) is 0 Å². The van der Waals surface area contributed by atoms with E-state index in [1.165, 1.54) is 45.3 Å². The molecule has 2 atom stereocenters. The number of likely N-dealkylation sites (tertiary alicyclic amines) is 1. The summed E-state index contributed by atoms with van der Waals surface area (Å²) < 4.78 is 0. The molecule has 1 saturated carbocycles. The van der Waals surface area contributed by atoms with Crippen molar-refractivity contribution >= 4 is 5.78 Å². The number of carbonyl (C=O) groups excluding carboxylic acids is 1. The van der Waals surface area contributed by atoms with Crippen LogP contribution in [0.2, 0.25) is 0 Å². The Labute approximate surface area is 134 Å². The molecular weight excluding hydrogens is 270 g/mol. The highest BCUT2D eigenvalue weighted by molar-refractivity contribution is 5.98. The molecule has 0 amide bonds. The van der Waals surface area contributed by atoms with Crippen LogP contribution >= 0.6 is 0 Å². The first-order chi connectivity index (χ1) is 10.6. The van der Waals surface area contributed by atoms with Gasteiger partial charge in [-0.15, -0.1) is 0 Å². The van der Waals surface area contributed by atoms with Gasteiger partial charge >= 0.3 is 0 Å². The normalized spacial score (nSPS) is 28.1. The van der Waals surface area contributed by atoms with Gasteiger partial charge in [-0.2, -0.15) is 0 Å². The molecular formula is C20H29NO. The van der Waals surface area contributed by atoms with Gasteiger partial charge in [-0.05, 0) is 56.7 Å². The average Bonchev–Trinajstić information content (AvgIpc) is 2.55. The highest BCUT2D eigenvalue weighted by Gasteiger charge is 2.50. The van der Waals surface area contributed by atoms with Gasteiger partial charge in [0.25, 0.3) is 0 Å².